The molecule has 1 atom stereocenters. The van der Waals surface area contributed by atoms with Crippen LogP contribution in [-0.2, 0) is 11.2 Å². The summed E-state index contributed by atoms with van der Waals surface area (Å²) in [5, 5.41) is 3.03. The molecule has 2 aromatic heterocycles. The van der Waals surface area contributed by atoms with Crippen LogP contribution in [0.3, 0.4) is 0 Å². The first kappa shape index (κ1) is 15.3. The predicted molar refractivity (Wildman–Crippen MR) is 91.1 cm³/mol. The first-order valence-electron chi connectivity index (χ1n) is 7.99. The number of fused-ring (bicyclic) bond motifs is 1. The molecule has 0 radical (unpaired) electrons. The average Bonchev–Trinajstić information content (AvgIpc) is 3.15. The molecule has 2 N–H and O–H groups in total. The minimum Gasteiger partial charge on any atom is -0.354 e. The second-order valence-electron chi connectivity index (χ2n) is 6.06. The van der Waals surface area contributed by atoms with E-state index in [0.717, 1.165) is 16.9 Å². The zero-order valence-corrected chi connectivity index (χ0v) is 13.5. The lowest BCUT2D eigenvalue weighted by Crippen LogP contribution is -2.36. The lowest BCUT2D eigenvalue weighted by molar-refractivity contribution is -0.125. The van der Waals surface area contributed by atoms with Gasteiger partial charge in [0.05, 0.1) is 11.0 Å². The Morgan fingerprint density at radius 2 is 1.96 bits per heavy atom. The molecule has 0 spiro atoms. The number of carbonyl (C=O) groups excluding carboxylic acids is 1. The van der Waals surface area contributed by atoms with Gasteiger partial charge in [0.1, 0.15) is 11.9 Å². The highest BCUT2D eigenvalue weighted by Gasteiger charge is 2.22. The van der Waals surface area contributed by atoms with Crippen molar-refractivity contribution in [1.29, 1.82) is 0 Å². The molecule has 2 heterocycles. The molecule has 0 aliphatic heterocycles. The molecule has 0 saturated carbocycles. The highest BCUT2D eigenvalue weighted by molar-refractivity contribution is 5.80. The van der Waals surface area contributed by atoms with Gasteiger partial charge in [0, 0.05) is 25.4 Å². The Balaban J connectivity index is 1.59. The van der Waals surface area contributed by atoms with Crippen molar-refractivity contribution in [3.8, 4) is 0 Å². The van der Waals surface area contributed by atoms with Crippen LogP contribution in [0.15, 0.2) is 48.8 Å². The van der Waals surface area contributed by atoms with Crippen LogP contribution in [0.25, 0.3) is 11.0 Å². The standard InChI is InChI=1S/C18H22N4O/c1-13(2)17(22-11-5-6-12-22)18(23)19-10-9-16-20-14-7-3-4-8-15(14)21-16/h3-8,11-13,17H,9-10H2,1-2H3,(H,19,23)(H,20,21)/t17-/m0/s1. The molecule has 0 unspecified atom stereocenters. The normalized spacial score (nSPS) is 12.7. The molecule has 3 rings (SSSR count). The fraction of sp³-hybridized carbons (Fsp3) is 0.333. The molecule has 23 heavy (non-hydrogen) atoms. The number of amides is 1. The third-order valence-electron chi connectivity index (χ3n) is 3.95. The summed E-state index contributed by atoms with van der Waals surface area (Å²) in [4.78, 5) is 20.3. The molecule has 1 amide bonds. The number of aromatic amines is 1. The third-order valence-corrected chi connectivity index (χ3v) is 3.95. The van der Waals surface area contributed by atoms with Gasteiger partial charge < -0.3 is 14.9 Å². The van der Waals surface area contributed by atoms with Crippen LogP contribution in [0.1, 0.15) is 25.7 Å². The Kier molecular flexibility index (Phi) is 4.46. The molecule has 0 fully saturated rings. The Morgan fingerprint density at radius 1 is 1.22 bits per heavy atom. The minimum atomic E-state index is -0.180. The van der Waals surface area contributed by atoms with Crippen LogP contribution in [0.5, 0.6) is 0 Å². The summed E-state index contributed by atoms with van der Waals surface area (Å²) in [6.45, 7) is 4.69. The maximum atomic E-state index is 12.5. The van der Waals surface area contributed by atoms with Gasteiger partial charge in [-0.15, -0.1) is 0 Å². The lowest BCUT2D eigenvalue weighted by Gasteiger charge is -2.22. The van der Waals surface area contributed by atoms with Crippen molar-refractivity contribution in [2.75, 3.05) is 6.54 Å². The van der Waals surface area contributed by atoms with Gasteiger partial charge in [-0.25, -0.2) is 4.98 Å². The van der Waals surface area contributed by atoms with E-state index in [2.05, 4.69) is 29.1 Å². The molecule has 5 nitrogen and oxygen atoms in total. The lowest BCUT2D eigenvalue weighted by atomic mass is 10.0. The van der Waals surface area contributed by atoms with Gasteiger partial charge in [-0.1, -0.05) is 26.0 Å². The van der Waals surface area contributed by atoms with E-state index >= 15 is 0 Å². The quantitative estimate of drug-likeness (QED) is 0.735. The molecule has 0 saturated heterocycles. The number of nitrogens with one attached hydrogen (secondary N) is 2. The summed E-state index contributed by atoms with van der Waals surface area (Å²) in [5.74, 6) is 1.18. The first-order chi connectivity index (χ1) is 11.1. The predicted octanol–water partition coefficient (Wildman–Crippen LogP) is 2.92. The maximum Gasteiger partial charge on any atom is 0.243 e. The van der Waals surface area contributed by atoms with Gasteiger partial charge in [0.15, 0.2) is 0 Å². The zero-order chi connectivity index (χ0) is 16.2. The Morgan fingerprint density at radius 3 is 2.65 bits per heavy atom. The van der Waals surface area contributed by atoms with E-state index in [0.29, 0.717) is 13.0 Å². The Hall–Kier alpha value is -2.56. The number of hydrogen-bond acceptors (Lipinski definition) is 2. The first-order valence-corrected chi connectivity index (χ1v) is 7.99. The number of nitrogens with zero attached hydrogens (tertiary/aromatic N) is 2. The molecular formula is C18H22N4O. The number of aromatic nitrogens is 3. The zero-order valence-electron chi connectivity index (χ0n) is 13.5. The summed E-state index contributed by atoms with van der Waals surface area (Å²) in [5.41, 5.74) is 1.99. The van der Waals surface area contributed by atoms with E-state index in [1.807, 2.05) is 53.4 Å². The van der Waals surface area contributed by atoms with E-state index in [4.69, 9.17) is 0 Å². The number of H-pyrrole nitrogens is 1. The molecule has 0 aliphatic rings. The second kappa shape index (κ2) is 6.69. The van der Waals surface area contributed by atoms with E-state index in [9.17, 15) is 4.79 Å². The van der Waals surface area contributed by atoms with Crippen molar-refractivity contribution in [2.24, 2.45) is 5.92 Å². The van der Waals surface area contributed by atoms with E-state index in [1.165, 1.54) is 0 Å². The monoisotopic (exact) mass is 310 g/mol. The number of para-hydroxylation sites is 2. The van der Waals surface area contributed by atoms with Crippen LogP contribution in [0.4, 0.5) is 0 Å². The molecule has 3 aromatic rings. The highest BCUT2D eigenvalue weighted by Crippen LogP contribution is 2.18. The van der Waals surface area contributed by atoms with Crippen molar-refractivity contribution in [1.82, 2.24) is 19.9 Å². The average molecular weight is 310 g/mol. The second-order valence-corrected chi connectivity index (χ2v) is 6.06. The highest BCUT2D eigenvalue weighted by atomic mass is 16.2. The largest absolute Gasteiger partial charge is 0.354 e. The van der Waals surface area contributed by atoms with Gasteiger partial charge in [-0.3, -0.25) is 4.79 Å². The van der Waals surface area contributed by atoms with E-state index < -0.39 is 0 Å². The molecule has 0 aliphatic carbocycles. The van der Waals surface area contributed by atoms with Crippen molar-refractivity contribution in [3.63, 3.8) is 0 Å². The third kappa shape index (κ3) is 3.44. The Labute approximate surface area is 135 Å². The van der Waals surface area contributed by atoms with Crippen molar-refractivity contribution in [2.45, 2.75) is 26.3 Å². The summed E-state index contributed by atoms with van der Waals surface area (Å²) >= 11 is 0. The van der Waals surface area contributed by atoms with Crippen LogP contribution in [0.2, 0.25) is 0 Å². The van der Waals surface area contributed by atoms with Crippen molar-refractivity contribution >= 4 is 16.9 Å². The van der Waals surface area contributed by atoms with Crippen LogP contribution in [-0.4, -0.2) is 27.0 Å². The number of hydrogen-bond donors (Lipinski definition) is 2. The summed E-state index contributed by atoms with van der Waals surface area (Å²) in [6, 6.07) is 11.6. The van der Waals surface area contributed by atoms with Gasteiger partial charge in [-0.05, 0) is 30.2 Å². The Bertz CT molecular complexity index is 740. The van der Waals surface area contributed by atoms with Crippen molar-refractivity contribution in [3.05, 3.63) is 54.6 Å². The molecule has 5 heteroatoms. The minimum absolute atomic E-state index is 0.0484. The fourth-order valence-electron chi connectivity index (χ4n) is 2.85. The fourth-order valence-corrected chi connectivity index (χ4v) is 2.85. The van der Waals surface area contributed by atoms with E-state index in [1.54, 1.807) is 0 Å². The molecule has 120 valence electrons. The smallest absolute Gasteiger partial charge is 0.243 e. The molecular weight excluding hydrogens is 288 g/mol. The van der Waals surface area contributed by atoms with Crippen LogP contribution < -0.4 is 5.32 Å². The number of benzene rings is 1. The summed E-state index contributed by atoms with van der Waals surface area (Å²) < 4.78 is 1.96. The number of carbonyl (C=O) groups is 1. The van der Waals surface area contributed by atoms with Gasteiger partial charge in [0.2, 0.25) is 5.91 Å². The van der Waals surface area contributed by atoms with Crippen molar-refractivity contribution < 1.29 is 4.79 Å². The van der Waals surface area contributed by atoms with E-state index in [-0.39, 0.29) is 17.9 Å². The SMILES string of the molecule is CC(C)[C@@H](C(=O)NCCc1nc2ccccc2[nH]1)n1cccc1. The number of rotatable bonds is 6. The van der Waals surface area contributed by atoms with Gasteiger partial charge in [0.25, 0.3) is 0 Å². The molecule has 0 bridgehead atoms. The molecule has 1 aromatic carbocycles. The summed E-state index contributed by atoms with van der Waals surface area (Å²) in [7, 11) is 0. The van der Waals surface area contributed by atoms with Crippen LogP contribution >= 0.6 is 0 Å². The maximum absolute atomic E-state index is 12.5. The summed E-state index contributed by atoms with van der Waals surface area (Å²) in [6.07, 6.45) is 4.56. The van der Waals surface area contributed by atoms with Gasteiger partial charge >= 0.3 is 0 Å². The van der Waals surface area contributed by atoms with Gasteiger partial charge in [-0.2, -0.15) is 0 Å². The number of imidazole rings is 1. The van der Waals surface area contributed by atoms with Crippen LogP contribution in [0, 0.1) is 5.92 Å². The topological polar surface area (TPSA) is 62.7 Å².